The van der Waals surface area contributed by atoms with Crippen LogP contribution in [-0.2, 0) is 0 Å². The number of aliphatic hydroxyl groups excluding tert-OH is 1. The van der Waals surface area contributed by atoms with Gasteiger partial charge in [-0.15, -0.1) is 0 Å². The van der Waals surface area contributed by atoms with Crippen molar-refractivity contribution < 1.29 is 10.2 Å². The van der Waals surface area contributed by atoms with E-state index in [4.69, 9.17) is 11.6 Å². The Balaban J connectivity index is 3.16. The molecule has 0 bridgehead atoms. The van der Waals surface area contributed by atoms with Crippen LogP contribution in [0.5, 0.6) is 5.75 Å². The van der Waals surface area contributed by atoms with E-state index in [1.165, 1.54) is 0 Å². The summed E-state index contributed by atoms with van der Waals surface area (Å²) in [6.45, 7) is 4.46. The van der Waals surface area contributed by atoms with Gasteiger partial charge in [-0.1, -0.05) is 25.4 Å². The van der Waals surface area contributed by atoms with Gasteiger partial charge in [0.2, 0.25) is 0 Å². The van der Waals surface area contributed by atoms with Gasteiger partial charge < -0.3 is 15.5 Å². The summed E-state index contributed by atoms with van der Waals surface area (Å²) in [5.41, 5.74) is 1.48. The fraction of sp³-hybridized carbons (Fsp3) is 0.500. The number of phenolic OH excluding ortho intramolecular Hbond substituents is 1. The Labute approximate surface area is 101 Å². The SMILES string of the molecule is CNCC(O)c1cc(C(C)C)cc(Cl)c1O. The van der Waals surface area contributed by atoms with Crippen molar-refractivity contribution in [1.29, 1.82) is 0 Å². The number of phenols is 1. The standard InChI is InChI=1S/C12H18ClNO2/c1-7(2)8-4-9(11(15)6-14-3)12(16)10(13)5-8/h4-5,7,11,14-16H,6H2,1-3H3. The van der Waals surface area contributed by atoms with E-state index in [2.05, 4.69) is 5.32 Å². The summed E-state index contributed by atoms with van der Waals surface area (Å²) in [4.78, 5) is 0. The first kappa shape index (κ1) is 13.3. The third-order valence-corrected chi connectivity index (χ3v) is 2.83. The third kappa shape index (κ3) is 2.88. The smallest absolute Gasteiger partial charge is 0.140 e. The van der Waals surface area contributed by atoms with Crippen LogP contribution in [-0.4, -0.2) is 23.8 Å². The molecule has 3 N–H and O–H groups in total. The minimum atomic E-state index is -0.749. The Morgan fingerprint density at radius 2 is 2.00 bits per heavy atom. The van der Waals surface area contributed by atoms with Gasteiger partial charge in [-0.25, -0.2) is 0 Å². The fourth-order valence-electron chi connectivity index (χ4n) is 1.53. The van der Waals surface area contributed by atoms with Crippen LogP contribution in [0.1, 0.15) is 37.0 Å². The first-order valence-electron chi connectivity index (χ1n) is 5.32. The van der Waals surface area contributed by atoms with E-state index in [0.29, 0.717) is 18.0 Å². The van der Waals surface area contributed by atoms with E-state index >= 15 is 0 Å². The Morgan fingerprint density at radius 1 is 1.38 bits per heavy atom. The average Bonchev–Trinajstić information content (AvgIpc) is 2.21. The zero-order valence-corrected chi connectivity index (χ0v) is 10.5. The molecule has 4 heteroatoms. The average molecular weight is 244 g/mol. The number of benzene rings is 1. The Morgan fingerprint density at radius 3 is 2.50 bits per heavy atom. The molecule has 0 spiro atoms. The molecule has 16 heavy (non-hydrogen) atoms. The molecule has 1 atom stereocenters. The normalized spacial score (nSPS) is 13.1. The number of aliphatic hydroxyl groups is 1. The largest absolute Gasteiger partial charge is 0.506 e. The predicted molar refractivity (Wildman–Crippen MR) is 66.1 cm³/mol. The van der Waals surface area contributed by atoms with Crippen molar-refractivity contribution in [1.82, 2.24) is 5.32 Å². The minimum Gasteiger partial charge on any atom is -0.506 e. The van der Waals surface area contributed by atoms with Crippen LogP contribution in [0.15, 0.2) is 12.1 Å². The molecule has 1 rings (SSSR count). The lowest BCUT2D eigenvalue weighted by Crippen LogP contribution is -2.17. The number of hydrogen-bond donors (Lipinski definition) is 3. The third-order valence-electron chi connectivity index (χ3n) is 2.54. The van der Waals surface area contributed by atoms with E-state index in [-0.39, 0.29) is 10.8 Å². The van der Waals surface area contributed by atoms with E-state index in [1.54, 1.807) is 19.2 Å². The Kier molecular flexibility index (Phi) is 4.59. The highest BCUT2D eigenvalue weighted by molar-refractivity contribution is 6.32. The molecule has 0 saturated heterocycles. The van der Waals surface area contributed by atoms with Gasteiger partial charge in [0.15, 0.2) is 0 Å². The monoisotopic (exact) mass is 243 g/mol. The zero-order valence-electron chi connectivity index (χ0n) is 9.79. The van der Waals surface area contributed by atoms with Gasteiger partial charge in [0.1, 0.15) is 5.75 Å². The predicted octanol–water partition coefficient (Wildman–Crippen LogP) is 2.42. The summed E-state index contributed by atoms with van der Waals surface area (Å²) in [6.07, 6.45) is -0.749. The van der Waals surface area contributed by atoms with Gasteiger partial charge in [-0.2, -0.15) is 0 Å². The number of likely N-dealkylation sites (N-methyl/N-ethyl adjacent to an activating group) is 1. The topological polar surface area (TPSA) is 52.5 Å². The Hall–Kier alpha value is -0.770. The number of nitrogens with one attached hydrogen (secondary N) is 1. The summed E-state index contributed by atoms with van der Waals surface area (Å²) in [5.74, 6) is 0.271. The van der Waals surface area contributed by atoms with Crippen molar-refractivity contribution in [3.05, 3.63) is 28.3 Å². The van der Waals surface area contributed by atoms with Crippen LogP contribution in [0, 0.1) is 0 Å². The second-order valence-corrected chi connectivity index (χ2v) is 4.58. The van der Waals surface area contributed by atoms with Crippen molar-refractivity contribution in [2.45, 2.75) is 25.9 Å². The molecule has 0 amide bonds. The van der Waals surface area contributed by atoms with E-state index in [0.717, 1.165) is 5.56 Å². The van der Waals surface area contributed by atoms with Crippen LogP contribution in [0.2, 0.25) is 5.02 Å². The second kappa shape index (κ2) is 5.53. The summed E-state index contributed by atoms with van der Waals surface area (Å²) in [7, 11) is 1.74. The van der Waals surface area contributed by atoms with Crippen LogP contribution in [0.4, 0.5) is 0 Å². The summed E-state index contributed by atoms with van der Waals surface area (Å²) in [6, 6.07) is 3.53. The lowest BCUT2D eigenvalue weighted by atomic mass is 9.98. The molecule has 0 aliphatic carbocycles. The molecule has 1 aromatic carbocycles. The van der Waals surface area contributed by atoms with Gasteiger partial charge in [-0.05, 0) is 30.7 Å². The van der Waals surface area contributed by atoms with Gasteiger partial charge in [-0.3, -0.25) is 0 Å². The molecular formula is C12H18ClNO2. The van der Waals surface area contributed by atoms with Crippen LogP contribution < -0.4 is 5.32 Å². The van der Waals surface area contributed by atoms with Gasteiger partial charge in [0.25, 0.3) is 0 Å². The molecule has 1 aromatic rings. The number of halogens is 1. The number of aromatic hydroxyl groups is 1. The molecule has 1 unspecified atom stereocenters. The van der Waals surface area contributed by atoms with Crippen LogP contribution in [0.25, 0.3) is 0 Å². The van der Waals surface area contributed by atoms with E-state index in [9.17, 15) is 10.2 Å². The summed E-state index contributed by atoms with van der Waals surface area (Å²) in [5, 5.41) is 22.8. The molecule has 90 valence electrons. The zero-order chi connectivity index (χ0) is 12.3. The molecule has 0 fully saturated rings. The maximum absolute atomic E-state index is 9.85. The van der Waals surface area contributed by atoms with E-state index in [1.807, 2.05) is 13.8 Å². The maximum atomic E-state index is 9.85. The molecule has 0 heterocycles. The van der Waals surface area contributed by atoms with Crippen molar-refractivity contribution in [3.8, 4) is 5.75 Å². The molecule has 0 aliphatic heterocycles. The van der Waals surface area contributed by atoms with Crippen molar-refractivity contribution in [3.63, 3.8) is 0 Å². The molecule has 3 nitrogen and oxygen atoms in total. The lowest BCUT2D eigenvalue weighted by Gasteiger charge is -2.16. The van der Waals surface area contributed by atoms with Gasteiger partial charge >= 0.3 is 0 Å². The van der Waals surface area contributed by atoms with Crippen LogP contribution in [0.3, 0.4) is 0 Å². The summed E-state index contributed by atoms with van der Waals surface area (Å²) >= 11 is 5.93. The molecule has 0 aromatic heterocycles. The first-order valence-corrected chi connectivity index (χ1v) is 5.70. The summed E-state index contributed by atoms with van der Waals surface area (Å²) < 4.78 is 0. The molecular weight excluding hydrogens is 226 g/mol. The number of rotatable bonds is 4. The van der Waals surface area contributed by atoms with Gasteiger partial charge in [0.05, 0.1) is 11.1 Å². The maximum Gasteiger partial charge on any atom is 0.140 e. The highest BCUT2D eigenvalue weighted by Crippen LogP contribution is 2.35. The van der Waals surface area contributed by atoms with Crippen LogP contribution >= 0.6 is 11.6 Å². The van der Waals surface area contributed by atoms with E-state index < -0.39 is 6.10 Å². The fourth-order valence-corrected chi connectivity index (χ4v) is 1.77. The van der Waals surface area contributed by atoms with Crippen molar-refractivity contribution in [2.75, 3.05) is 13.6 Å². The quantitative estimate of drug-likeness (QED) is 0.761. The molecule has 0 radical (unpaired) electrons. The lowest BCUT2D eigenvalue weighted by molar-refractivity contribution is 0.174. The minimum absolute atomic E-state index is 0.0335. The molecule has 0 aliphatic rings. The van der Waals surface area contributed by atoms with Gasteiger partial charge in [0, 0.05) is 12.1 Å². The Bertz CT molecular complexity index is 366. The second-order valence-electron chi connectivity index (χ2n) is 4.17. The van der Waals surface area contributed by atoms with Crippen molar-refractivity contribution in [2.24, 2.45) is 0 Å². The highest BCUT2D eigenvalue weighted by Gasteiger charge is 2.16. The van der Waals surface area contributed by atoms with Crippen molar-refractivity contribution >= 4 is 11.6 Å². The first-order chi connectivity index (χ1) is 7.47. The molecule has 0 saturated carbocycles. The highest BCUT2D eigenvalue weighted by atomic mass is 35.5. The number of hydrogen-bond acceptors (Lipinski definition) is 3.